The molecule has 14 heteroatoms. The second-order valence-electron chi connectivity index (χ2n) is 10.5. The molecule has 0 radical (unpaired) electrons. The van der Waals surface area contributed by atoms with Gasteiger partial charge >= 0.3 is 0 Å². The lowest BCUT2D eigenvalue weighted by Gasteiger charge is -2.11. The van der Waals surface area contributed by atoms with Gasteiger partial charge in [0.25, 0.3) is 20.2 Å². The van der Waals surface area contributed by atoms with E-state index in [1.54, 1.807) is 54.6 Å². The number of phenolic OH excluding ortho intramolecular Hbond substituents is 1. The van der Waals surface area contributed by atoms with Crippen molar-refractivity contribution in [2.75, 3.05) is 5.32 Å². The first-order valence-electron chi connectivity index (χ1n) is 13.9. The predicted octanol–water partition coefficient (Wildman–Crippen LogP) is 9.07. The van der Waals surface area contributed by atoms with Crippen LogP contribution in [0.4, 0.5) is 34.1 Å². The number of aromatic hydroxyl groups is 1. The fraction of sp³-hybridized carbons (Fsp3) is 0.0303. The number of anilines is 2. The SMILES string of the molecule is Cc1ccc(Nc2ccc(N=Nc3ccc(N=Nc4c(O)ccc5cc(S(=O)(=O)O)ccc45)c4ccccc34)cc2S(=O)(=O)O)cc1. The minimum atomic E-state index is -4.61. The molecule has 236 valence electrons. The highest BCUT2D eigenvalue weighted by molar-refractivity contribution is 7.86. The van der Waals surface area contributed by atoms with Crippen molar-refractivity contribution in [2.45, 2.75) is 16.7 Å². The maximum atomic E-state index is 12.2. The first kappa shape index (κ1) is 31.4. The van der Waals surface area contributed by atoms with E-state index >= 15 is 0 Å². The summed E-state index contributed by atoms with van der Waals surface area (Å²) in [5.74, 6) is -0.181. The van der Waals surface area contributed by atoms with E-state index in [2.05, 4.69) is 25.8 Å². The summed E-state index contributed by atoms with van der Waals surface area (Å²) < 4.78 is 66.9. The van der Waals surface area contributed by atoms with Crippen LogP contribution in [0.5, 0.6) is 5.75 Å². The van der Waals surface area contributed by atoms with Crippen LogP contribution in [0.25, 0.3) is 21.5 Å². The van der Waals surface area contributed by atoms with Gasteiger partial charge in [0, 0.05) is 21.8 Å². The molecule has 0 aliphatic carbocycles. The van der Waals surface area contributed by atoms with Gasteiger partial charge in [0.2, 0.25) is 0 Å². The van der Waals surface area contributed by atoms with E-state index in [0.717, 1.165) is 5.56 Å². The van der Waals surface area contributed by atoms with E-state index in [-0.39, 0.29) is 32.6 Å². The zero-order chi connectivity index (χ0) is 33.3. The highest BCUT2D eigenvalue weighted by Gasteiger charge is 2.17. The Balaban J connectivity index is 1.33. The standard InChI is InChI=1S/C33H25N5O7S2/c1-20-6-9-22(10-7-20)34-30-14-11-23(19-32(30)47(43,44)45)35-36-28-15-16-29(27-5-3-2-4-26(27)28)37-38-33-25-13-12-24(46(40,41)42)18-21(25)8-17-31(33)39/h2-19,34,39H,1H3,(H,40,41,42)(H,43,44,45). The third-order valence-electron chi connectivity index (χ3n) is 7.22. The number of hydrogen-bond acceptors (Lipinski definition) is 10. The molecule has 0 aliphatic rings. The van der Waals surface area contributed by atoms with E-state index < -0.39 is 20.2 Å². The Morgan fingerprint density at radius 2 is 1.28 bits per heavy atom. The largest absolute Gasteiger partial charge is 0.506 e. The molecule has 0 saturated heterocycles. The number of benzene rings is 6. The predicted molar refractivity (Wildman–Crippen MR) is 178 cm³/mol. The van der Waals surface area contributed by atoms with Crippen molar-refractivity contribution in [3.63, 3.8) is 0 Å². The molecule has 0 aromatic heterocycles. The summed E-state index contributed by atoms with van der Waals surface area (Å²) in [6.07, 6.45) is 0. The molecule has 0 aliphatic heterocycles. The lowest BCUT2D eigenvalue weighted by atomic mass is 10.1. The topological polar surface area (TPSA) is 190 Å². The smallest absolute Gasteiger partial charge is 0.296 e. The highest BCUT2D eigenvalue weighted by Crippen LogP contribution is 2.40. The van der Waals surface area contributed by atoms with Crippen LogP contribution < -0.4 is 5.32 Å². The Morgan fingerprint density at radius 3 is 1.91 bits per heavy atom. The van der Waals surface area contributed by atoms with Gasteiger partial charge in [-0.3, -0.25) is 9.11 Å². The third-order valence-corrected chi connectivity index (χ3v) is 8.97. The van der Waals surface area contributed by atoms with Crippen LogP contribution >= 0.6 is 0 Å². The Morgan fingerprint density at radius 1 is 0.617 bits per heavy atom. The van der Waals surface area contributed by atoms with E-state index in [4.69, 9.17) is 0 Å². The molecular weight excluding hydrogens is 643 g/mol. The molecule has 0 atom stereocenters. The maximum Gasteiger partial charge on any atom is 0.296 e. The number of azo groups is 2. The second-order valence-corrected chi connectivity index (χ2v) is 13.3. The van der Waals surface area contributed by atoms with Gasteiger partial charge in [0.15, 0.2) is 0 Å². The zero-order valence-electron chi connectivity index (χ0n) is 24.5. The van der Waals surface area contributed by atoms with E-state index in [9.17, 15) is 31.0 Å². The molecular formula is C33H25N5O7S2. The third kappa shape index (κ3) is 6.85. The second kappa shape index (κ2) is 12.3. The average Bonchev–Trinajstić information content (AvgIpc) is 3.04. The molecule has 6 aromatic carbocycles. The monoisotopic (exact) mass is 667 g/mol. The number of nitrogens with one attached hydrogen (secondary N) is 1. The summed E-state index contributed by atoms with van der Waals surface area (Å²) in [5, 5.41) is 32.9. The van der Waals surface area contributed by atoms with Crippen molar-refractivity contribution in [1.29, 1.82) is 0 Å². The molecule has 0 bridgehead atoms. The lowest BCUT2D eigenvalue weighted by molar-refractivity contribution is 0.477. The van der Waals surface area contributed by atoms with Gasteiger partial charge < -0.3 is 10.4 Å². The molecule has 6 aromatic rings. The van der Waals surface area contributed by atoms with Gasteiger partial charge in [-0.1, -0.05) is 54.1 Å². The summed E-state index contributed by atoms with van der Waals surface area (Å²) in [6.45, 7) is 1.93. The van der Waals surface area contributed by atoms with Crippen molar-refractivity contribution < 1.29 is 31.0 Å². The molecule has 12 nitrogen and oxygen atoms in total. The molecule has 0 unspecified atom stereocenters. The van der Waals surface area contributed by atoms with Crippen LogP contribution in [-0.4, -0.2) is 31.0 Å². The summed E-state index contributed by atoms with van der Waals surface area (Å²) in [6, 6.07) is 28.8. The zero-order valence-corrected chi connectivity index (χ0v) is 26.1. The number of aryl methyl sites for hydroxylation is 1. The minimum absolute atomic E-state index is 0.104. The van der Waals surface area contributed by atoms with Crippen molar-refractivity contribution in [3.05, 3.63) is 115 Å². The van der Waals surface area contributed by atoms with Crippen LogP contribution in [0.15, 0.2) is 139 Å². The first-order chi connectivity index (χ1) is 22.4. The van der Waals surface area contributed by atoms with Crippen LogP contribution in [0.3, 0.4) is 0 Å². The Hall–Kier alpha value is -5.54. The van der Waals surface area contributed by atoms with E-state index in [1.165, 1.54) is 42.5 Å². The number of hydrogen-bond donors (Lipinski definition) is 4. The quantitative estimate of drug-likeness (QED) is 0.0912. The number of phenols is 1. The molecule has 0 saturated carbocycles. The number of fused-ring (bicyclic) bond motifs is 2. The Labute approximate surface area is 269 Å². The Kier molecular flexibility index (Phi) is 8.25. The van der Waals surface area contributed by atoms with Gasteiger partial charge in [-0.25, -0.2) is 0 Å². The average molecular weight is 668 g/mol. The van der Waals surface area contributed by atoms with Gasteiger partial charge in [-0.15, -0.1) is 15.3 Å². The van der Waals surface area contributed by atoms with Crippen molar-refractivity contribution >= 4 is 75.9 Å². The lowest BCUT2D eigenvalue weighted by Crippen LogP contribution is -2.03. The minimum Gasteiger partial charge on any atom is -0.506 e. The molecule has 47 heavy (non-hydrogen) atoms. The summed E-state index contributed by atoms with van der Waals surface area (Å²) in [4.78, 5) is -0.653. The summed E-state index contributed by atoms with van der Waals surface area (Å²) in [5.41, 5.74) is 3.02. The molecule has 6 rings (SSSR count). The summed E-state index contributed by atoms with van der Waals surface area (Å²) >= 11 is 0. The fourth-order valence-electron chi connectivity index (χ4n) is 4.88. The van der Waals surface area contributed by atoms with Crippen LogP contribution in [0, 0.1) is 6.92 Å². The first-order valence-corrected chi connectivity index (χ1v) is 16.8. The fourth-order valence-corrected chi connectivity index (χ4v) is 6.07. The van der Waals surface area contributed by atoms with Gasteiger partial charge in [0.05, 0.1) is 27.6 Å². The van der Waals surface area contributed by atoms with E-state index in [0.29, 0.717) is 38.6 Å². The molecule has 0 amide bonds. The molecule has 0 heterocycles. The van der Waals surface area contributed by atoms with Crippen molar-refractivity contribution in [3.8, 4) is 5.75 Å². The van der Waals surface area contributed by atoms with Gasteiger partial charge in [-0.05, 0) is 73.0 Å². The Bertz CT molecular complexity index is 2460. The summed E-state index contributed by atoms with van der Waals surface area (Å²) in [7, 11) is -9.03. The number of rotatable bonds is 8. The van der Waals surface area contributed by atoms with E-state index in [1.807, 2.05) is 19.1 Å². The molecule has 0 fully saturated rings. The molecule has 0 spiro atoms. The van der Waals surface area contributed by atoms with Crippen LogP contribution in [0.2, 0.25) is 0 Å². The van der Waals surface area contributed by atoms with Crippen LogP contribution in [0.1, 0.15) is 5.56 Å². The van der Waals surface area contributed by atoms with Gasteiger partial charge in [0.1, 0.15) is 16.3 Å². The van der Waals surface area contributed by atoms with Crippen molar-refractivity contribution in [2.24, 2.45) is 20.5 Å². The highest BCUT2D eigenvalue weighted by atomic mass is 32.2. The van der Waals surface area contributed by atoms with Gasteiger partial charge in [-0.2, -0.15) is 21.9 Å². The number of nitrogens with zero attached hydrogens (tertiary/aromatic N) is 4. The maximum absolute atomic E-state index is 12.2. The molecule has 4 N–H and O–H groups in total. The van der Waals surface area contributed by atoms with Crippen LogP contribution in [-0.2, 0) is 20.2 Å². The normalized spacial score (nSPS) is 12.4. The van der Waals surface area contributed by atoms with Crippen molar-refractivity contribution in [1.82, 2.24) is 0 Å².